The Morgan fingerprint density at radius 3 is 2.79 bits per heavy atom. The third-order valence-corrected chi connectivity index (χ3v) is 3.97. The molecule has 0 saturated carbocycles. The highest BCUT2D eigenvalue weighted by molar-refractivity contribution is 6.34. The summed E-state index contributed by atoms with van der Waals surface area (Å²) in [6, 6.07) is 3.13. The first-order valence-electron chi connectivity index (χ1n) is 6.12. The zero-order chi connectivity index (χ0) is 14.2. The largest absolute Gasteiger partial charge is 0.399 e. The Bertz CT molecular complexity index is 521. The Labute approximate surface area is 117 Å². The van der Waals surface area contributed by atoms with Gasteiger partial charge in [0.15, 0.2) is 0 Å². The van der Waals surface area contributed by atoms with Crippen molar-refractivity contribution in [2.45, 2.75) is 31.9 Å². The molecule has 104 valence electrons. The van der Waals surface area contributed by atoms with Crippen LogP contribution in [0.3, 0.4) is 0 Å². The summed E-state index contributed by atoms with van der Waals surface area (Å²) in [4.78, 5) is 11.5. The molecule has 0 aromatic heterocycles. The fraction of sp³-hybridized carbons (Fsp3) is 0.462. The van der Waals surface area contributed by atoms with E-state index in [0.717, 1.165) is 6.42 Å². The van der Waals surface area contributed by atoms with Gasteiger partial charge in [-0.1, -0.05) is 11.6 Å². The number of benzene rings is 1. The molecule has 1 aromatic carbocycles. The SMILES string of the molecule is CC1OCCC1(C)Nc1c(Cl)cc(N)cc1C(N)=O. The Hall–Kier alpha value is -1.46. The molecule has 2 rings (SSSR count). The lowest BCUT2D eigenvalue weighted by Gasteiger charge is -2.31. The maximum atomic E-state index is 11.5. The van der Waals surface area contributed by atoms with E-state index >= 15 is 0 Å². The minimum absolute atomic E-state index is 0.0156. The second-order valence-electron chi connectivity index (χ2n) is 5.10. The normalized spacial score (nSPS) is 26.4. The molecule has 2 atom stereocenters. The second-order valence-corrected chi connectivity index (χ2v) is 5.50. The van der Waals surface area contributed by atoms with E-state index in [1.807, 2.05) is 13.8 Å². The first-order valence-corrected chi connectivity index (χ1v) is 6.50. The number of carbonyl (C=O) groups is 1. The molecule has 19 heavy (non-hydrogen) atoms. The maximum Gasteiger partial charge on any atom is 0.250 e. The highest BCUT2D eigenvalue weighted by Crippen LogP contribution is 2.35. The molecular weight excluding hydrogens is 266 g/mol. The minimum atomic E-state index is -0.563. The summed E-state index contributed by atoms with van der Waals surface area (Å²) in [5.41, 5.74) is 12.0. The number of nitrogen functional groups attached to an aromatic ring is 1. The van der Waals surface area contributed by atoms with E-state index in [1.165, 1.54) is 6.07 Å². The van der Waals surface area contributed by atoms with Crippen molar-refractivity contribution in [3.8, 4) is 0 Å². The van der Waals surface area contributed by atoms with Crippen molar-refractivity contribution in [1.82, 2.24) is 0 Å². The molecule has 1 aliphatic heterocycles. The first kappa shape index (κ1) is 14.0. The average molecular weight is 284 g/mol. The van der Waals surface area contributed by atoms with Crippen molar-refractivity contribution < 1.29 is 9.53 Å². The van der Waals surface area contributed by atoms with E-state index in [4.69, 9.17) is 27.8 Å². The van der Waals surface area contributed by atoms with Gasteiger partial charge in [0.1, 0.15) is 0 Å². The van der Waals surface area contributed by atoms with Crippen molar-refractivity contribution in [1.29, 1.82) is 0 Å². The van der Waals surface area contributed by atoms with Crippen LogP contribution < -0.4 is 16.8 Å². The van der Waals surface area contributed by atoms with E-state index in [1.54, 1.807) is 6.07 Å². The Kier molecular flexibility index (Phi) is 3.60. The monoisotopic (exact) mass is 283 g/mol. The zero-order valence-electron chi connectivity index (χ0n) is 11.0. The summed E-state index contributed by atoms with van der Waals surface area (Å²) in [7, 11) is 0. The fourth-order valence-corrected chi connectivity index (χ4v) is 2.51. The summed E-state index contributed by atoms with van der Waals surface area (Å²) in [5.74, 6) is -0.563. The van der Waals surface area contributed by atoms with E-state index in [-0.39, 0.29) is 11.6 Å². The van der Waals surface area contributed by atoms with Gasteiger partial charge in [0.25, 0.3) is 5.91 Å². The fourth-order valence-electron chi connectivity index (χ4n) is 2.23. The molecule has 0 spiro atoms. The summed E-state index contributed by atoms with van der Waals surface area (Å²) in [6.07, 6.45) is 0.842. The Morgan fingerprint density at radius 2 is 2.26 bits per heavy atom. The van der Waals surface area contributed by atoms with Crippen molar-refractivity contribution in [3.63, 3.8) is 0 Å². The number of hydrogen-bond acceptors (Lipinski definition) is 4. The van der Waals surface area contributed by atoms with E-state index in [2.05, 4.69) is 5.32 Å². The molecular formula is C13H18ClN3O2. The molecule has 1 amide bonds. The highest BCUT2D eigenvalue weighted by atomic mass is 35.5. The number of amides is 1. The number of anilines is 2. The van der Waals surface area contributed by atoms with Crippen LogP contribution in [-0.4, -0.2) is 24.2 Å². The molecule has 0 bridgehead atoms. The van der Waals surface area contributed by atoms with Crippen LogP contribution in [0.5, 0.6) is 0 Å². The average Bonchev–Trinajstić information content (AvgIpc) is 2.62. The molecule has 5 nitrogen and oxygen atoms in total. The summed E-state index contributed by atoms with van der Waals surface area (Å²) < 4.78 is 5.56. The Balaban J connectivity index is 2.42. The number of rotatable bonds is 3. The molecule has 1 heterocycles. The summed E-state index contributed by atoms with van der Waals surface area (Å²) >= 11 is 6.18. The van der Waals surface area contributed by atoms with Crippen LogP contribution >= 0.6 is 11.6 Å². The van der Waals surface area contributed by atoms with Crippen molar-refractivity contribution in [2.75, 3.05) is 17.7 Å². The smallest absolute Gasteiger partial charge is 0.250 e. The van der Waals surface area contributed by atoms with Gasteiger partial charge in [0.2, 0.25) is 0 Å². The van der Waals surface area contributed by atoms with Crippen LogP contribution in [0.15, 0.2) is 12.1 Å². The standard InChI is InChI=1S/C13H18ClN3O2/c1-7-13(2,3-4-19-7)17-11-9(12(16)18)5-8(15)6-10(11)14/h5-7,17H,3-4,15H2,1-2H3,(H2,16,18). The zero-order valence-corrected chi connectivity index (χ0v) is 11.8. The number of ether oxygens (including phenoxy) is 1. The molecule has 6 heteroatoms. The van der Waals surface area contributed by atoms with Gasteiger partial charge in [-0.15, -0.1) is 0 Å². The molecule has 0 radical (unpaired) electrons. The van der Waals surface area contributed by atoms with Crippen LogP contribution in [0.25, 0.3) is 0 Å². The quantitative estimate of drug-likeness (QED) is 0.740. The van der Waals surface area contributed by atoms with Crippen LogP contribution in [0.1, 0.15) is 30.6 Å². The van der Waals surface area contributed by atoms with E-state index in [0.29, 0.717) is 28.6 Å². The van der Waals surface area contributed by atoms with E-state index < -0.39 is 5.91 Å². The van der Waals surface area contributed by atoms with Crippen molar-refractivity contribution in [3.05, 3.63) is 22.7 Å². The van der Waals surface area contributed by atoms with Gasteiger partial charge < -0.3 is 21.5 Å². The van der Waals surface area contributed by atoms with Gasteiger partial charge in [-0.25, -0.2) is 0 Å². The molecule has 1 saturated heterocycles. The predicted octanol–water partition coefficient (Wildman–Crippen LogP) is 2.00. The van der Waals surface area contributed by atoms with Crippen LogP contribution in [-0.2, 0) is 4.74 Å². The van der Waals surface area contributed by atoms with Gasteiger partial charge >= 0.3 is 0 Å². The maximum absolute atomic E-state index is 11.5. The van der Waals surface area contributed by atoms with Crippen molar-refractivity contribution >= 4 is 28.9 Å². The van der Waals surface area contributed by atoms with Crippen LogP contribution in [0.2, 0.25) is 5.02 Å². The summed E-state index contributed by atoms with van der Waals surface area (Å²) in [5, 5.41) is 3.68. The molecule has 1 fully saturated rings. The number of halogens is 1. The summed E-state index contributed by atoms with van der Waals surface area (Å²) in [6.45, 7) is 4.68. The Morgan fingerprint density at radius 1 is 1.58 bits per heavy atom. The van der Waals surface area contributed by atoms with E-state index in [9.17, 15) is 4.79 Å². The topological polar surface area (TPSA) is 90.4 Å². The van der Waals surface area contributed by atoms with Gasteiger partial charge in [0, 0.05) is 12.3 Å². The lowest BCUT2D eigenvalue weighted by atomic mass is 9.93. The van der Waals surface area contributed by atoms with Gasteiger partial charge in [-0.05, 0) is 32.4 Å². The third kappa shape index (κ3) is 2.62. The van der Waals surface area contributed by atoms with Crippen LogP contribution in [0.4, 0.5) is 11.4 Å². The molecule has 1 aromatic rings. The molecule has 5 N–H and O–H groups in total. The second kappa shape index (κ2) is 4.90. The number of primary amides is 1. The molecule has 2 unspecified atom stereocenters. The highest BCUT2D eigenvalue weighted by Gasteiger charge is 2.38. The van der Waals surface area contributed by atoms with Gasteiger partial charge in [-0.2, -0.15) is 0 Å². The third-order valence-electron chi connectivity index (χ3n) is 3.68. The molecule has 1 aliphatic rings. The predicted molar refractivity (Wildman–Crippen MR) is 76.4 cm³/mol. The number of nitrogens with one attached hydrogen (secondary N) is 1. The lowest BCUT2D eigenvalue weighted by molar-refractivity contribution is 0.0997. The minimum Gasteiger partial charge on any atom is -0.399 e. The van der Waals surface area contributed by atoms with Gasteiger partial charge in [-0.3, -0.25) is 4.79 Å². The lowest BCUT2D eigenvalue weighted by Crippen LogP contribution is -2.41. The van der Waals surface area contributed by atoms with Crippen LogP contribution in [0, 0.1) is 0 Å². The number of nitrogens with two attached hydrogens (primary N) is 2. The van der Waals surface area contributed by atoms with Gasteiger partial charge in [0.05, 0.1) is 27.9 Å². The number of carbonyl (C=O) groups excluding carboxylic acids is 1. The van der Waals surface area contributed by atoms with Crippen molar-refractivity contribution in [2.24, 2.45) is 5.73 Å². The first-order chi connectivity index (χ1) is 8.83. The molecule has 0 aliphatic carbocycles. The number of hydrogen-bond donors (Lipinski definition) is 3.